The summed E-state index contributed by atoms with van der Waals surface area (Å²) < 4.78 is 0. The Labute approximate surface area is 103 Å². The van der Waals surface area contributed by atoms with Gasteiger partial charge in [0.15, 0.2) is 0 Å². The Balaban J connectivity index is 0.00000128. The first-order valence-electron chi connectivity index (χ1n) is 5.81. The van der Waals surface area contributed by atoms with Crippen LogP contribution in [0.1, 0.15) is 30.7 Å². The van der Waals surface area contributed by atoms with Crippen molar-refractivity contribution in [2.45, 2.75) is 31.2 Å². The van der Waals surface area contributed by atoms with E-state index in [0.717, 1.165) is 6.54 Å². The lowest BCUT2D eigenvalue weighted by Crippen LogP contribution is -2.40. The van der Waals surface area contributed by atoms with E-state index in [1.54, 1.807) is 0 Å². The van der Waals surface area contributed by atoms with Crippen molar-refractivity contribution in [3.63, 3.8) is 0 Å². The summed E-state index contributed by atoms with van der Waals surface area (Å²) in [6, 6.07) is 10.8. The molecule has 0 spiro atoms. The van der Waals surface area contributed by atoms with E-state index in [9.17, 15) is 5.11 Å². The third-order valence-electron chi connectivity index (χ3n) is 3.26. The molecule has 2 N–H and O–H groups in total. The highest BCUT2D eigenvalue weighted by Gasteiger charge is 2.23. The van der Waals surface area contributed by atoms with Crippen LogP contribution >= 0.6 is 12.4 Å². The monoisotopic (exact) mass is 241 g/mol. The zero-order chi connectivity index (χ0) is 10.5. The van der Waals surface area contributed by atoms with Crippen molar-refractivity contribution in [3.8, 4) is 0 Å². The standard InChI is InChI=1S/C13H19NO.ClH/c15-10-12(11-6-2-1-3-7-11)13-8-4-5-9-14-13;/h1-3,6-7,12-15H,4-5,8-10H2;1H/t12-,13-;/m1./s1. The molecule has 0 radical (unpaired) electrons. The molecule has 1 aliphatic heterocycles. The average Bonchev–Trinajstić information content (AvgIpc) is 2.33. The van der Waals surface area contributed by atoms with Crippen molar-refractivity contribution >= 4 is 12.4 Å². The number of hydrogen-bond acceptors (Lipinski definition) is 2. The Morgan fingerprint density at radius 3 is 2.56 bits per heavy atom. The molecule has 1 fully saturated rings. The minimum Gasteiger partial charge on any atom is -0.396 e. The van der Waals surface area contributed by atoms with Gasteiger partial charge in [-0.25, -0.2) is 0 Å². The van der Waals surface area contributed by atoms with E-state index >= 15 is 0 Å². The molecular weight excluding hydrogens is 222 g/mol. The summed E-state index contributed by atoms with van der Waals surface area (Å²) in [6.07, 6.45) is 3.73. The van der Waals surface area contributed by atoms with Crippen LogP contribution in [-0.2, 0) is 0 Å². The maximum absolute atomic E-state index is 9.49. The van der Waals surface area contributed by atoms with Crippen molar-refractivity contribution in [1.29, 1.82) is 0 Å². The third-order valence-corrected chi connectivity index (χ3v) is 3.26. The fourth-order valence-corrected chi connectivity index (χ4v) is 2.39. The Hall–Kier alpha value is -0.570. The number of halogens is 1. The van der Waals surface area contributed by atoms with Crippen molar-refractivity contribution in [2.75, 3.05) is 13.2 Å². The molecule has 2 atom stereocenters. The molecule has 2 nitrogen and oxygen atoms in total. The Morgan fingerprint density at radius 1 is 1.25 bits per heavy atom. The van der Waals surface area contributed by atoms with Gasteiger partial charge in [0, 0.05) is 12.0 Å². The molecule has 90 valence electrons. The predicted molar refractivity (Wildman–Crippen MR) is 69.2 cm³/mol. The van der Waals surface area contributed by atoms with E-state index in [1.165, 1.54) is 24.8 Å². The summed E-state index contributed by atoms with van der Waals surface area (Å²) in [5, 5.41) is 13.0. The normalized spacial score (nSPS) is 22.2. The zero-order valence-electron chi connectivity index (χ0n) is 9.43. The molecule has 0 aliphatic carbocycles. The summed E-state index contributed by atoms with van der Waals surface area (Å²) in [6.45, 7) is 1.33. The molecule has 0 amide bonds. The molecule has 2 rings (SSSR count). The SMILES string of the molecule is Cl.OC[C@H](c1ccccc1)[C@H]1CCCCN1. The Bertz CT molecular complexity index is 285. The van der Waals surface area contributed by atoms with E-state index in [4.69, 9.17) is 0 Å². The van der Waals surface area contributed by atoms with Crippen molar-refractivity contribution in [1.82, 2.24) is 5.32 Å². The third kappa shape index (κ3) is 3.21. The van der Waals surface area contributed by atoms with Crippen LogP contribution < -0.4 is 5.32 Å². The molecule has 1 saturated heterocycles. The lowest BCUT2D eigenvalue weighted by Gasteiger charge is -2.30. The molecule has 0 bridgehead atoms. The number of nitrogens with one attached hydrogen (secondary N) is 1. The highest BCUT2D eigenvalue weighted by atomic mass is 35.5. The maximum Gasteiger partial charge on any atom is 0.0514 e. The van der Waals surface area contributed by atoms with Gasteiger partial charge in [-0.2, -0.15) is 0 Å². The predicted octanol–water partition coefficient (Wildman–Crippen LogP) is 2.33. The zero-order valence-corrected chi connectivity index (χ0v) is 10.2. The highest BCUT2D eigenvalue weighted by Crippen LogP contribution is 2.24. The first-order valence-corrected chi connectivity index (χ1v) is 5.81. The summed E-state index contributed by atoms with van der Waals surface area (Å²) in [5.41, 5.74) is 1.25. The number of aliphatic hydroxyl groups excluding tert-OH is 1. The van der Waals surface area contributed by atoms with Gasteiger partial charge < -0.3 is 10.4 Å². The number of rotatable bonds is 3. The van der Waals surface area contributed by atoms with Gasteiger partial charge in [0.05, 0.1) is 6.61 Å². The maximum atomic E-state index is 9.49. The van der Waals surface area contributed by atoms with Gasteiger partial charge in [0.25, 0.3) is 0 Å². The number of hydrogen-bond donors (Lipinski definition) is 2. The molecule has 3 heteroatoms. The van der Waals surface area contributed by atoms with Gasteiger partial charge in [-0.15, -0.1) is 12.4 Å². The van der Waals surface area contributed by atoms with E-state index in [-0.39, 0.29) is 24.9 Å². The van der Waals surface area contributed by atoms with Crippen molar-refractivity contribution < 1.29 is 5.11 Å². The summed E-state index contributed by atoms with van der Waals surface area (Å²) in [7, 11) is 0. The summed E-state index contributed by atoms with van der Waals surface area (Å²) in [4.78, 5) is 0. The van der Waals surface area contributed by atoms with E-state index in [1.807, 2.05) is 18.2 Å². The Morgan fingerprint density at radius 2 is 2.00 bits per heavy atom. The molecular formula is C13H20ClNO. The van der Waals surface area contributed by atoms with Crippen LogP contribution in [0, 0.1) is 0 Å². The van der Waals surface area contributed by atoms with Crippen molar-refractivity contribution in [3.05, 3.63) is 35.9 Å². The summed E-state index contributed by atoms with van der Waals surface area (Å²) >= 11 is 0. The first-order chi connectivity index (χ1) is 7.42. The van der Waals surface area contributed by atoms with Gasteiger partial charge >= 0.3 is 0 Å². The largest absolute Gasteiger partial charge is 0.396 e. The second-order valence-corrected chi connectivity index (χ2v) is 4.26. The average molecular weight is 242 g/mol. The van der Waals surface area contributed by atoms with Gasteiger partial charge in [0.2, 0.25) is 0 Å². The summed E-state index contributed by atoms with van der Waals surface area (Å²) in [5.74, 6) is 0.256. The molecule has 0 unspecified atom stereocenters. The molecule has 1 aromatic rings. The Kier molecular flexibility index (Phi) is 5.81. The molecule has 1 heterocycles. The fraction of sp³-hybridized carbons (Fsp3) is 0.538. The molecule has 1 aromatic carbocycles. The van der Waals surface area contributed by atoms with E-state index in [2.05, 4.69) is 17.4 Å². The minimum atomic E-state index is 0. The molecule has 1 aliphatic rings. The van der Waals surface area contributed by atoms with Crippen LogP contribution in [0.4, 0.5) is 0 Å². The van der Waals surface area contributed by atoms with Gasteiger partial charge in [0.1, 0.15) is 0 Å². The lowest BCUT2D eigenvalue weighted by molar-refractivity contribution is 0.219. The number of piperidine rings is 1. The number of benzene rings is 1. The van der Waals surface area contributed by atoms with Gasteiger partial charge in [-0.05, 0) is 24.9 Å². The van der Waals surface area contributed by atoms with Crippen molar-refractivity contribution in [2.24, 2.45) is 0 Å². The van der Waals surface area contributed by atoms with Gasteiger partial charge in [-0.3, -0.25) is 0 Å². The molecule has 0 saturated carbocycles. The first kappa shape index (κ1) is 13.5. The molecule has 16 heavy (non-hydrogen) atoms. The van der Waals surface area contributed by atoms with Crippen LogP contribution in [0.2, 0.25) is 0 Å². The van der Waals surface area contributed by atoms with Crippen LogP contribution in [0.3, 0.4) is 0 Å². The van der Waals surface area contributed by atoms with Crippen LogP contribution in [0.5, 0.6) is 0 Å². The lowest BCUT2D eigenvalue weighted by atomic mass is 9.87. The van der Waals surface area contributed by atoms with Crippen LogP contribution in [0.25, 0.3) is 0 Å². The second-order valence-electron chi connectivity index (χ2n) is 4.26. The number of aliphatic hydroxyl groups is 1. The smallest absolute Gasteiger partial charge is 0.0514 e. The quantitative estimate of drug-likeness (QED) is 0.852. The molecule has 0 aromatic heterocycles. The second kappa shape index (κ2) is 6.89. The van der Waals surface area contributed by atoms with Crippen LogP contribution in [-0.4, -0.2) is 24.3 Å². The van der Waals surface area contributed by atoms with E-state index < -0.39 is 0 Å². The van der Waals surface area contributed by atoms with Crippen LogP contribution in [0.15, 0.2) is 30.3 Å². The van der Waals surface area contributed by atoms with E-state index in [0.29, 0.717) is 6.04 Å². The highest BCUT2D eigenvalue weighted by molar-refractivity contribution is 5.85. The van der Waals surface area contributed by atoms with Gasteiger partial charge in [-0.1, -0.05) is 36.8 Å². The minimum absolute atomic E-state index is 0. The topological polar surface area (TPSA) is 32.3 Å². The fourth-order valence-electron chi connectivity index (χ4n) is 2.39.